The lowest BCUT2D eigenvalue weighted by atomic mass is 9.79. The number of aromatic nitrogens is 1. The van der Waals surface area contributed by atoms with Gasteiger partial charge in [-0.15, -0.1) is 0 Å². The SMILES string of the molecule is CNC(CC1CCC1)c1ccc2cccnc2c1. The van der Waals surface area contributed by atoms with Crippen molar-refractivity contribution in [3.05, 3.63) is 42.1 Å². The number of nitrogens with one attached hydrogen (secondary N) is 1. The summed E-state index contributed by atoms with van der Waals surface area (Å²) in [6.45, 7) is 0. The molecular weight excluding hydrogens is 220 g/mol. The molecule has 1 fully saturated rings. The van der Waals surface area contributed by atoms with Gasteiger partial charge in [-0.25, -0.2) is 0 Å². The molecule has 1 aromatic carbocycles. The fourth-order valence-corrected chi connectivity index (χ4v) is 2.78. The van der Waals surface area contributed by atoms with Crippen LogP contribution in [0.5, 0.6) is 0 Å². The summed E-state index contributed by atoms with van der Waals surface area (Å²) in [6.07, 6.45) is 7.36. The van der Waals surface area contributed by atoms with E-state index < -0.39 is 0 Å². The Morgan fingerprint density at radius 3 is 2.94 bits per heavy atom. The third-order valence-electron chi connectivity index (χ3n) is 4.17. The molecule has 2 aromatic rings. The zero-order valence-corrected chi connectivity index (χ0v) is 10.9. The van der Waals surface area contributed by atoms with E-state index in [4.69, 9.17) is 0 Å². The molecule has 0 radical (unpaired) electrons. The largest absolute Gasteiger partial charge is 0.313 e. The van der Waals surface area contributed by atoms with Crippen LogP contribution in [-0.4, -0.2) is 12.0 Å². The van der Waals surface area contributed by atoms with Gasteiger partial charge in [-0.1, -0.05) is 37.5 Å². The molecule has 94 valence electrons. The molecular formula is C16H20N2. The van der Waals surface area contributed by atoms with Gasteiger partial charge in [0, 0.05) is 17.6 Å². The van der Waals surface area contributed by atoms with Gasteiger partial charge in [0.05, 0.1) is 5.52 Å². The van der Waals surface area contributed by atoms with Gasteiger partial charge in [0.25, 0.3) is 0 Å². The average molecular weight is 240 g/mol. The number of nitrogens with zero attached hydrogens (tertiary/aromatic N) is 1. The fourth-order valence-electron chi connectivity index (χ4n) is 2.78. The van der Waals surface area contributed by atoms with E-state index in [9.17, 15) is 0 Å². The van der Waals surface area contributed by atoms with Crippen molar-refractivity contribution in [2.24, 2.45) is 5.92 Å². The number of benzene rings is 1. The number of pyridine rings is 1. The number of hydrogen-bond acceptors (Lipinski definition) is 2. The Kier molecular flexibility index (Phi) is 3.28. The van der Waals surface area contributed by atoms with Crippen LogP contribution in [0.15, 0.2) is 36.5 Å². The van der Waals surface area contributed by atoms with E-state index in [2.05, 4.69) is 41.6 Å². The summed E-state index contributed by atoms with van der Waals surface area (Å²) < 4.78 is 0. The standard InChI is InChI=1S/C16H20N2/c1-17-15(10-12-4-2-5-12)14-8-7-13-6-3-9-18-16(13)11-14/h3,6-9,11-12,15,17H,2,4-5,10H2,1H3. The zero-order chi connectivity index (χ0) is 12.4. The molecule has 1 saturated carbocycles. The lowest BCUT2D eigenvalue weighted by Gasteiger charge is -2.29. The maximum absolute atomic E-state index is 4.44. The third kappa shape index (κ3) is 2.25. The number of fused-ring (bicyclic) bond motifs is 1. The molecule has 1 aromatic heterocycles. The fraction of sp³-hybridized carbons (Fsp3) is 0.438. The Bertz CT molecular complexity index is 531. The van der Waals surface area contributed by atoms with E-state index in [-0.39, 0.29) is 0 Å². The molecule has 0 spiro atoms. The highest BCUT2D eigenvalue weighted by molar-refractivity contribution is 5.78. The van der Waals surface area contributed by atoms with Crippen molar-refractivity contribution in [1.82, 2.24) is 10.3 Å². The monoisotopic (exact) mass is 240 g/mol. The summed E-state index contributed by atoms with van der Waals surface area (Å²) in [4.78, 5) is 4.44. The van der Waals surface area contributed by atoms with Crippen LogP contribution in [0, 0.1) is 5.92 Å². The van der Waals surface area contributed by atoms with Crippen molar-refractivity contribution in [1.29, 1.82) is 0 Å². The predicted octanol–water partition coefficient (Wildman–Crippen LogP) is 3.69. The van der Waals surface area contributed by atoms with Crippen LogP contribution >= 0.6 is 0 Å². The second kappa shape index (κ2) is 5.07. The highest BCUT2D eigenvalue weighted by Gasteiger charge is 2.22. The summed E-state index contributed by atoms with van der Waals surface area (Å²) in [5.74, 6) is 0.918. The molecule has 1 aliphatic carbocycles. The van der Waals surface area contributed by atoms with Crippen molar-refractivity contribution >= 4 is 10.9 Å². The minimum absolute atomic E-state index is 0.474. The first-order chi connectivity index (χ1) is 8.86. The van der Waals surface area contributed by atoms with Crippen molar-refractivity contribution < 1.29 is 0 Å². The predicted molar refractivity (Wildman–Crippen MR) is 75.5 cm³/mol. The van der Waals surface area contributed by atoms with Crippen LogP contribution in [0.2, 0.25) is 0 Å². The van der Waals surface area contributed by atoms with Crippen LogP contribution < -0.4 is 5.32 Å². The number of rotatable bonds is 4. The van der Waals surface area contributed by atoms with Crippen molar-refractivity contribution in [2.45, 2.75) is 31.7 Å². The first-order valence-electron chi connectivity index (χ1n) is 6.89. The Morgan fingerprint density at radius 2 is 2.22 bits per heavy atom. The van der Waals surface area contributed by atoms with E-state index in [0.29, 0.717) is 6.04 Å². The Morgan fingerprint density at radius 1 is 1.33 bits per heavy atom. The smallest absolute Gasteiger partial charge is 0.0705 e. The van der Waals surface area contributed by atoms with Gasteiger partial charge in [-0.2, -0.15) is 0 Å². The Balaban J connectivity index is 1.86. The minimum atomic E-state index is 0.474. The molecule has 18 heavy (non-hydrogen) atoms. The van der Waals surface area contributed by atoms with E-state index in [1.807, 2.05) is 12.3 Å². The first kappa shape index (κ1) is 11.7. The van der Waals surface area contributed by atoms with Gasteiger partial charge in [0.15, 0.2) is 0 Å². The van der Waals surface area contributed by atoms with E-state index in [1.54, 1.807) is 0 Å². The molecule has 0 aliphatic heterocycles. The molecule has 1 atom stereocenters. The lowest BCUT2D eigenvalue weighted by molar-refractivity contribution is 0.266. The molecule has 1 heterocycles. The van der Waals surface area contributed by atoms with Crippen LogP contribution in [0.1, 0.15) is 37.3 Å². The van der Waals surface area contributed by atoms with E-state index >= 15 is 0 Å². The number of hydrogen-bond donors (Lipinski definition) is 1. The summed E-state index contributed by atoms with van der Waals surface area (Å²) >= 11 is 0. The molecule has 3 rings (SSSR count). The van der Waals surface area contributed by atoms with Crippen LogP contribution in [0.4, 0.5) is 0 Å². The molecule has 2 heteroatoms. The van der Waals surface area contributed by atoms with Gasteiger partial charge in [0.2, 0.25) is 0 Å². The summed E-state index contributed by atoms with van der Waals surface area (Å²) in [6, 6.07) is 11.2. The van der Waals surface area contributed by atoms with E-state index in [1.165, 1.54) is 36.6 Å². The quantitative estimate of drug-likeness (QED) is 0.881. The average Bonchev–Trinajstić information content (AvgIpc) is 2.37. The summed E-state index contributed by atoms with van der Waals surface area (Å²) in [5.41, 5.74) is 2.47. The molecule has 0 saturated heterocycles. The van der Waals surface area contributed by atoms with Crippen molar-refractivity contribution in [2.75, 3.05) is 7.05 Å². The molecule has 0 amide bonds. The van der Waals surface area contributed by atoms with Gasteiger partial charge < -0.3 is 5.32 Å². The lowest BCUT2D eigenvalue weighted by Crippen LogP contribution is -2.23. The first-order valence-corrected chi connectivity index (χ1v) is 6.89. The maximum atomic E-state index is 4.44. The maximum Gasteiger partial charge on any atom is 0.0705 e. The molecule has 1 N–H and O–H groups in total. The molecule has 1 unspecified atom stereocenters. The Hall–Kier alpha value is -1.41. The highest BCUT2D eigenvalue weighted by Crippen LogP contribution is 2.35. The van der Waals surface area contributed by atoms with Gasteiger partial charge in [0.1, 0.15) is 0 Å². The normalized spacial score (nSPS) is 17.6. The summed E-state index contributed by atoms with van der Waals surface area (Å²) in [5, 5.41) is 4.68. The second-order valence-electron chi connectivity index (χ2n) is 5.33. The van der Waals surface area contributed by atoms with Crippen LogP contribution in [0.3, 0.4) is 0 Å². The summed E-state index contributed by atoms with van der Waals surface area (Å²) in [7, 11) is 2.06. The van der Waals surface area contributed by atoms with Gasteiger partial charge in [-0.05, 0) is 37.1 Å². The topological polar surface area (TPSA) is 24.9 Å². The second-order valence-corrected chi connectivity index (χ2v) is 5.33. The van der Waals surface area contributed by atoms with Crippen LogP contribution in [0.25, 0.3) is 10.9 Å². The minimum Gasteiger partial charge on any atom is -0.313 e. The van der Waals surface area contributed by atoms with Gasteiger partial charge in [-0.3, -0.25) is 4.98 Å². The third-order valence-corrected chi connectivity index (χ3v) is 4.17. The van der Waals surface area contributed by atoms with Crippen molar-refractivity contribution in [3.8, 4) is 0 Å². The molecule has 1 aliphatic rings. The Labute approximate surface area is 108 Å². The molecule has 2 nitrogen and oxygen atoms in total. The molecule has 0 bridgehead atoms. The zero-order valence-electron chi connectivity index (χ0n) is 10.9. The highest BCUT2D eigenvalue weighted by atomic mass is 14.9. The van der Waals surface area contributed by atoms with Crippen LogP contribution in [-0.2, 0) is 0 Å². The van der Waals surface area contributed by atoms with E-state index in [0.717, 1.165) is 11.4 Å². The van der Waals surface area contributed by atoms with Gasteiger partial charge >= 0.3 is 0 Å². The van der Waals surface area contributed by atoms with Crippen molar-refractivity contribution in [3.63, 3.8) is 0 Å².